The third-order valence-corrected chi connectivity index (χ3v) is 6.20. The Morgan fingerprint density at radius 1 is 1.21 bits per heavy atom. The van der Waals surface area contributed by atoms with Crippen LogP contribution in [0, 0.1) is 5.82 Å². The van der Waals surface area contributed by atoms with Crippen LogP contribution < -0.4 is 10.2 Å². The van der Waals surface area contributed by atoms with E-state index in [1.807, 2.05) is 6.07 Å². The zero-order chi connectivity index (χ0) is 26.9. The predicted molar refractivity (Wildman–Crippen MR) is 132 cm³/mol. The van der Waals surface area contributed by atoms with E-state index in [1.54, 1.807) is 26.4 Å². The van der Waals surface area contributed by atoms with Crippen LogP contribution in [0.2, 0.25) is 0 Å². The second-order valence-corrected chi connectivity index (χ2v) is 8.86. The molecule has 1 aromatic carbocycles. The van der Waals surface area contributed by atoms with E-state index in [0.717, 1.165) is 18.0 Å². The van der Waals surface area contributed by atoms with Crippen molar-refractivity contribution in [2.75, 3.05) is 45.4 Å². The largest absolute Gasteiger partial charge is 0.417 e. The second-order valence-electron chi connectivity index (χ2n) is 8.86. The molecule has 0 spiro atoms. The highest BCUT2D eigenvalue weighted by Gasteiger charge is 2.37. The average molecular weight is 532 g/mol. The van der Waals surface area contributed by atoms with Gasteiger partial charge in [-0.25, -0.2) is 19.3 Å². The summed E-state index contributed by atoms with van der Waals surface area (Å²) in [7, 11) is 3.19. The number of ether oxygens (including phenoxy) is 2. The lowest BCUT2D eigenvalue weighted by Crippen LogP contribution is -2.44. The van der Waals surface area contributed by atoms with Crippen LogP contribution in [-0.2, 0) is 22.2 Å². The maximum Gasteiger partial charge on any atom is 0.417 e. The van der Waals surface area contributed by atoms with Gasteiger partial charge in [0.1, 0.15) is 28.4 Å². The predicted octanol–water partition coefficient (Wildman–Crippen LogP) is 3.81. The quantitative estimate of drug-likeness (QED) is 0.348. The maximum absolute atomic E-state index is 15.0. The fourth-order valence-electron chi connectivity index (χ4n) is 4.48. The summed E-state index contributed by atoms with van der Waals surface area (Å²) < 4.78 is 67.6. The van der Waals surface area contributed by atoms with E-state index in [4.69, 9.17) is 9.47 Å². The molecule has 0 amide bonds. The number of nitrogens with zero attached hydrogens (tertiary/aromatic N) is 5. The van der Waals surface area contributed by atoms with E-state index in [2.05, 4.69) is 35.4 Å². The van der Waals surface area contributed by atoms with Gasteiger partial charge in [0.05, 0.1) is 36.6 Å². The minimum Gasteiger partial charge on any atom is -0.382 e. The summed E-state index contributed by atoms with van der Waals surface area (Å²) >= 11 is 0. The fraction of sp³-hybridized carbons (Fsp3) is 0.360. The Morgan fingerprint density at radius 3 is 2.76 bits per heavy atom. The standard InChI is InChI=1S/C25H25F4N7O2/c1-30-9-14-7-17(25(27,28)29)21(18(26)8-14)24-32-11-19-23(33-24)22(35-34-19)15-3-4-20(31-10-15)36-5-6-38-16(12-36)13-37-2/h3-4,7-8,10-11,16,30H,5-6,9,12-13H2,1-2H3,(H,34,35). The first-order chi connectivity index (χ1) is 18.3. The topological polar surface area (TPSA) is 101 Å². The zero-order valence-corrected chi connectivity index (χ0v) is 20.6. The van der Waals surface area contributed by atoms with E-state index >= 15 is 4.39 Å². The van der Waals surface area contributed by atoms with Crippen molar-refractivity contribution in [1.29, 1.82) is 0 Å². The van der Waals surface area contributed by atoms with E-state index in [9.17, 15) is 13.2 Å². The molecule has 1 atom stereocenters. The summed E-state index contributed by atoms with van der Waals surface area (Å²) in [6.45, 7) is 2.40. The monoisotopic (exact) mass is 531 g/mol. The SMILES string of the molecule is CNCc1cc(F)c(-c2ncc3[nH]nc(-c4ccc(N5CCOC(COC)C5)nc4)c3n2)c(C(F)(F)F)c1. The first kappa shape index (κ1) is 25.9. The number of morpholine rings is 1. The molecule has 4 heterocycles. The number of methoxy groups -OCH3 is 1. The van der Waals surface area contributed by atoms with Crippen molar-refractivity contribution < 1.29 is 27.0 Å². The molecule has 38 heavy (non-hydrogen) atoms. The number of alkyl halides is 3. The Kier molecular flexibility index (Phi) is 7.23. The maximum atomic E-state index is 15.0. The molecule has 1 aliphatic rings. The van der Waals surface area contributed by atoms with Crippen molar-refractivity contribution in [2.45, 2.75) is 18.8 Å². The van der Waals surface area contributed by atoms with Crippen molar-refractivity contribution in [1.82, 2.24) is 30.5 Å². The van der Waals surface area contributed by atoms with Crippen molar-refractivity contribution >= 4 is 16.9 Å². The molecule has 1 unspecified atom stereocenters. The Labute approximate surface area is 215 Å². The van der Waals surface area contributed by atoms with Crippen LogP contribution in [0.4, 0.5) is 23.4 Å². The van der Waals surface area contributed by atoms with Crippen LogP contribution in [0.5, 0.6) is 0 Å². The summed E-state index contributed by atoms with van der Waals surface area (Å²) in [5.74, 6) is -0.701. The van der Waals surface area contributed by atoms with Crippen LogP contribution in [0.15, 0.2) is 36.7 Å². The number of rotatable bonds is 7. The number of anilines is 1. The molecular weight excluding hydrogens is 506 g/mol. The van der Waals surface area contributed by atoms with E-state index in [1.165, 1.54) is 6.20 Å². The Morgan fingerprint density at radius 2 is 2.05 bits per heavy atom. The number of aromatic nitrogens is 5. The number of benzene rings is 1. The molecule has 2 N–H and O–H groups in total. The summed E-state index contributed by atoms with van der Waals surface area (Å²) in [4.78, 5) is 14.9. The number of hydrogen-bond donors (Lipinski definition) is 2. The van der Waals surface area contributed by atoms with Gasteiger partial charge >= 0.3 is 6.18 Å². The number of aromatic amines is 1. The third-order valence-electron chi connectivity index (χ3n) is 6.20. The molecule has 1 fully saturated rings. The van der Waals surface area contributed by atoms with Crippen LogP contribution in [-0.4, -0.2) is 71.7 Å². The number of nitrogens with one attached hydrogen (secondary N) is 2. The van der Waals surface area contributed by atoms with Crippen LogP contribution in [0.1, 0.15) is 11.1 Å². The molecule has 9 nitrogen and oxygen atoms in total. The highest BCUT2D eigenvalue weighted by Crippen LogP contribution is 2.39. The van der Waals surface area contributed by atoms with Gasteiger partial charge < -0.3 is 19.7 Å². The molecule has 0 radical (unpaired) electrons. The first-order valence-electron chi connectivity index (χ1n) is 11.9. The number of halogens is 4. The van der Waals surface area contributed by atoms with Crippen molar-refractivity contribution in [3.8, 4) is 22.6 Å². The Bertz CT molecular complexity index is 1420. The van der Waals surface area contributed by atoms with Crippen LogP contribution in [0.25, 0.3) is 33.7 Å². The van der Waals surface area contributed by atoms with E-state index in [0.29, 0.717) is 43.1 Å². The number of H-pyrrole nitrogens is 1. The molecule has 200 valence electrons. The second kappa shape index (κ2) is 10.6. The van der Waals surface area contributed by atoms with Gasteiger partial charge in [0.25, 0.3) is 0 Å². The van der Waals surface area contributed by atoms with Gasteiger partial charge in [0.2, 0.25) is 0 Å². The van der Waals surface area contributed by atoms with Crippen LogP contribution >= 0.6 is 0 Å². The normalized spacial score (nSPS) is 16.4. The fourth-order valence-corrected chi connectivity index (χ4v) is 4.48. The van der Waals surface area contributed by atoms with E-state index < -0.39 is 23.1 Å². The molecule has 1 saturated heterocycles. The summed E-state index contributed by atoms with van der Waals surface area (Å²) in [6.07, 6.45) is -1.96. The molecule has 1 aliphatic heterocycles. The molecular formula is C25H25F4N7O2. The van der Waals surface area contributed by atoms with Crippen molar-refractivity contribution in [2.24, 2.45) is 0 Å². The highest BCUT2D eigenvalue weighted by atomic mass is 19.4. The minimum atomic E-state index is -4.81. The zero-order valence-electron chi connectivity index (χ0n) is 20.6. The van der Waals surface area contributed by atoms with Gasteiger partial charge in [-0.3, -0.25) is 5.10 Å². The molecule has 0 aliphatic carbocycles. The number of fused-ring (bicyclic) bond motifs is 1. The van der Waals surface area contributed by atoms with Gasteiger partial charge in [-0.05, 0) is 36.9 Å². The Hall–Kier alpha value is -3.68. The molecule has 13 heteroatoms. The molecule has 3 aromatic heterocycles. The number of hydrogen-bond acceptors (Lipinski definition) is 8. The average Bonchev–Trinajstić information content (AvgIpc) is 3.32. The van der Waals surface area contributed by atoms with Gasteiger partial charge in [-0.15, -0.1) is 0 Å². The minimum absolute atomic E-state index is 0.0603. The van der Waals surface area contributed by atoms with Crippen molar-refractivity contribution in [3.63, 3.8) is 0 Å². The molecule has 0 bridgehead atoms. The van der Waals surface area contributed by atoms with E-state index in [-0.39, 0.29) is 29.6 Å². The van der Waals surface area contributed by atoms with Gasteiger partial charge in [-0.2, -0.15) is 18.3 Å². The smallest absolute Gasteiger partial charge is 0.382 e. The highest BCUT2D eigenvalue weighted by molar-refractivity contribution is 5.90. The van der Waals surface area contributed by atoms with Crippen LogP contribution in [0.3, 0.4) is 0 Å². The summed E-state index contributed by atoms with van der Waals surface area (Å²) in [5, 5.41) is 9.78. The summed E-state index contributed by atoms with van der Waals surface area (Å²) in [6, 6.07) is 5.59. The Balaban J connectivity index is 1.50. The van der Waals surface area contributed by atoms with Gasteiger partial charge in [0.15, 0.2) is 5.82 Å². The lowest BCUT2D eigenvalue weighted by atomic mass is 10.0. The first-order valence-corrected chi connectivity index (χ1v) is 11.9. The lowest BCUT2D eigenvalue weighted by Gasteiger charge is -2.33. The third kappa shape index (κ3) is 5.17. The molecule has 4 aromatic rings. The van der Waals surface area contributed by atoms with Crippen molar-refractivity contribution in [3.05, 3.63) is 53.6 Å². The molecule has 5 rings (SSSR count). The van der Waals surface area contributed by atoms with Gasteiger partial charge in [-0.1, -0.05) is 0 Å². The molecule has 0 saturated carbocycles. The summed E-state index contributed by atoms with van der Waals surface area (Å²) in [5.41, 5.74) is -0.0959. The lowest BCUT2D eigenvalue weighted by molar-refractivity contribution is -0.137. The van der Waals surface area contributed by atoms with Gasteiger partial charge in [0, 0.05) is 38.5 Å². The number of pyridine rings is 1.